The normalized spacial score (nSPS) is 16.3. The van der Waals surface area contributed by atoms with Crippen LogP contribution in [-0.2, 0) is 10.8 Å². The lowest BCUT2D eigenvalue weighted by Crippen LogP contribution is -2.26. The Morgan fingerprint density at radius 2 is 1.70 bits per heavy atom. The summed E-state index contributed by atoms with van der Waals surface area (Å²) in [5.41, 5.74) is 3.22. The Morgan fingerprint density at radius 1 is 1.20 bits per heavy atom. The predicted octanol–water partition coefficient (Wildman–Crippen LogP) is 3.88. The molecule has 1 aromatic rings. The second-order valence-electron chi connectivity index (χ2n) is 6.68. The lowest BCUT2D eigenvalue weighted by Gasteiger charge is -2.21. The van der Waals surface area contributed by atoms with Gasteiger partial charge in [-0.2, -0.15) is 0 Å². The molecule has 4 heteroatoms. The lowest BCUT2D eigenvalue weighted by atomic mass is 10.1. The predicted molar refractivity (Wildman–Crippen MR) is 89.9 cm³/mol. The molecule has 0 aromatic heterocycles. The summed E-state index contributed by atoms with van der Waals surface area (Å²) in [6.07, 6.45) is -0.649. The van der Waals surface area contributed by atoms with E-state index in [9.17, 15) is 9.32 Å². The molecule has 0 aliphatic heterocycles. The summed E-state index contributed by atoms with van der Waals surface area (Å²) < 4.78 is 12.8. The summed E-state index contributed by atoms with van der Waals surface area (Å²) in [4.78, 5) is 1.43. The Bertz CT molecular complexity index is 498. The van der Waals surface area contributed by atoms with Crippen molar-refractivity contribution in [2.45, 2.75) is 51.4 Å². The van der Waals surface area contributed by atoms with E-state index < -0.39 is 25.0 Å². The average Bonchev–Trinajstić information content (AvgIpc) is 2.34. The van der Waals surface area contributed by atoms with Gasteiger partial charge in [0, 0.05) is 9.80 Å². The largest absolute Gasteiger partial charge is 0.388 e. The van der Waals surface area contributed by atoms with Gasteiger partial charge in [-0.25, -0.2) is 4.21 Å². The van der Waals surface area contributed by atoms with Crippen LogP contribution in [0.4, 0.5) is 0 Å². The van der Waals surface area contributed by atoms with Gasteiger partial charge in [0.25, 0.3) is 0 Å². The summed E-state index contributed by atoms with van der Waals surface area (Å²) >= 11 is 0. The maximum Gasteiger partial charge on any atom is 0.0892 e. The maximum absolute atomic E-state index is 12.8. The van der Waals surface area contributed by atoms with Crippen molar-refractivity contribution in [2.75, 3.05) is 0 Å². The van der Waals surface area contributed by atoms with Crippen LogP contribution in [-0.4, -0.2) is 23.5 Å². The van der Waals surface area contributed by atoms with Crippen LogP contribution in [0.2, 0.25) is 19.6 Å². The third-order valence-electron chi connectivity index (χ3n) is 2.95. The third-order valence-corrected chi connectivity index (χ3v) is 5.82. The summed E-state index contributed by atoms with van der Waals surface area (Å²) in [5, 5.41) is 10.4. The van der Waals surface area contributed by atoms with Crippen molar-refractivity contribution in [1.29, 1.82) is 0 Å². The molecule has 0 saturated heterocycles. The molecule has 0 fully saturated rings. The number of aryl methyl sites for hydroxylation is 1. The maximum atomic E-state index is 12.8. The smallest absolute Gasteiger partial charge is 0.0892 e. The Labute approximate surface area is 126 Å². The molecule has 0 aliphatic rings. The van der Waals surface area contributed by atoms with Crippen molar-refractivity contribution in [1.82, 2.24) is 0 Å². The van der Waals surface area contributed by atoms with Crippen molar-refractivity contribution in [3.63, 3.8) is 0 Å². The van der Waals surface area contributed by atoms with E-state index >= 15 is 0 Å². The van der Waals surface area contributed by atoms with E-state index in [0.717, 1.165) is 10.5 Å². The van der Waals surface area contributed by atoms with E-state index in [-0.39, 0.29) is 5.92 Å². The average molecular weight is 311 g/mol. The SMILES string of the molecule is Cc1ccc([S@](=O)/C(=C/[Si](C)(C)C)[C@H](O)C(C)C)cc1. The van der Waals surface area contributed by atoms with Crippen molar-refractivity contribution in [3.05, 3.63) is 40.4 Å². The zero-order valence-electron chi connectivity index (χ0n) is 13.3. The molecule has 0 radical (unpaired) electrons. The van der Waals surface area contributed by atoms with Crippen LogP contribution >= 0.6 is 0 Å². The zero-order chi connectivity index (χ0) is 15.5. The highest BCUT2D eigenvalue weighted by molar-refractivity contribution is 7.89. The molecule has 112 valence electrons. The molecule has 20 heavy (non-hydrogen) atoms. The zero-order valence-corrected chi connectivity index (χ0v) is 15.1. The van der Waals surface area contributed by atoms with Crippen LogP contribution < -0.4 is 0 Å². The molecule has 1 rings (SSSR count). The standard InChI is InChI=1S/C16H26O2SSi/c1-12(2)16(17)15(11-20(4,5)6)19(18)14-9-7-13(3)8-10-14/h7-12,16-17H,1-6H3/b15-11+/t16-,19+/m1/s1. The number of hydrogen-bond donors (Lipinski definition) is 1. The first kappa shape index (κ1) is 17.3. The number of aliphatic hydroxyl groups excluding tert-OH is 1. The van der Waals surface area contributed by atoms with Gasteiger partial charge in [-0.3, -0.25) is 0 Å². The van der Waals surface area contributed by atoms with Gasteiger partial charge in [-0.1, -0.05) is 56.9 Å². The fourth-order valence-corrected chi connectivity index (χ4v) is 5.46. The Morgan fingerprint density at radius 3 is 2.10 bits per heavy atom. The molecule has 0 spiro atoms. The van der Waals surface area contributed by atoms with E-state index in [4.69, 9.17) is 0 Å². The molecular formula is C16H26O2SSi. The van der Waals surface area contributed by atoms with Crippen molar-refractivity contribution in [2.24, 2.45) is 5.92 Å². The van der Waals surface area contributed by atoms with Crippen LogP contribution in [0.5, 0.6) is 0 Å². The highest BCUT2D eigenvalue weighted by Crippen LogP contribution is 2.24. The molecule has 0 bridgehead atoms. The first-order valence-corrected chi connectivity index (χ1v) is 11.7. The van der Waals surface area contributed by atoms with Gasteiger partial charge >= 0.3 is 0 Å². The van der Waals surface area contributed by atoms with Gasteiger partial charge in [0.05, 0.1) is 25.0 Å². The highest BCUT2D eigenvalue weighted by Gasteiger charge is 2.24. The molecule has 2 nitrogen and oxygen atoms in total. The summed E-state index contributed by atoms with van der Waals surface area (Å²) in [6, 6.07) is 7.69. The Hall–Kier alpha value is -0.713. The number of rotatable bonds is 5. The van der Waals surface area contributed by atoms with Gasteiger partial charge in [0.1, 0.15) is 0 Å². The van der Waals surface area contributed by atoms with Crippen LogP contribution in [0, 0.1) is 12.8 Å². The monoisotopic (exact) mass is 310 g/mol. The van der Waals surface area contributed by atoms with Crippen molar-refractivity contribution < 1.29 is 9.32 Å². The van der Waals surface area contributed by atoms with Gasteiger partial charge in [0.15, 0.2) is 0 Å². The summed E-state index contributed by atoms with van der Waals surface area (Å²) in [5.74, 6) is 0.0620. The minimum absolute atomic E-state index is 0.0620. The molecule has 0 heterocycles. The number of aliphatic hydroxyl groups is 1. The minimum atomic E-state index is -1.55. The van der Waals surface area contributed by atoms with E-state index in [0.29, 0.717) is 4.91 Å². The highest BCUT2D eigenvalue weighted by atomic mass is 32.2. The van der Waals surface area contributed by atoms with Gasteiger partial charge in [0.2, 0.25) is 0 Å². The second-order valence-corrected chi connectivity index (χ2v) is 13.2. The third kappa shape index (κ3) is 5.00. The molecule has 1 aromatic carbocycles. The van der Waals surface area contributed by atoms with Crippen LogP contribution in [0.1, 0.15) is 19.4 Å². The van der Waals surface area contributed by atoms with Crippen LogP contribution in [0.3, 0.4) is 0 Å². The molecule has 1 N–H and O–H groups in total. The van der Waals surface area contributed by atoms with Gasteiger partial charge in [-0.15, -0.1) is 0 Å². The molecule has 0 amide bonds. The van der Waals surface area contributed by atoms with E-state index in [1.54, 1.807) is 0 Å². The van der Waals surface area contributed by atoms with Crippen molar-refractivity contribution in [3.8, 4) is 0 Å². The van der Waals surface area contributed by atoms with E-state index in [2.05, 4.69) is 25.3 Å². The molecule has 2 atom stereocenters. The fraction of sp³-hybridized carbons (Fsp3) is 0.500. The first-order valence-electron chi connectivity index (χ1n) is 7.01. The second kappa shape index (κ2) is 6.83. The van der Waals surface area contributed by atoms with E-state index in [1.807, 2.05) is 45.0 Å². The molecule has 0 aliphatic carbocycles. The topological polar surface area (TPSA) is 37.3 Å². The van der Waals surface area contributed by atoms with Crippen LogP contribution in [0.15, 0.2) is 39.8 Å². The molecule has 0 saturated carbocycles. The fourth-order valence-electron chi connectivity index (χ4n) is 1.80. The molecular weight excluding hydrogens is 284 g/mol. The van der Waals surface area contributed by atoms with Gasteiger partial charge in [-0.05, 0) is 25.0 Å². The Kier molecular flexibility index (Phi) is 5.92. The minimum Gasteiger partial charge on any atom is -0.388 e. The van der Waals surface area contributed by atoms with Crippen molar-refractivity contribution >= 4 is 18.9 Å². The van der Waals surface area contributed by atoms with E-state index in [1.165, 1.54) is 0 Å². The quantitative estimate of drug-likeness (QED) is 0.838. The Balaban J connectivity index is 3.21. The first-order chi connectivity index (χ1) is 9.11. The molecule has 0 unspecified atom stereocenters. The summed E-state index contributed by atoms with van der Waals surface area (Å²) in [7, 11) is -2.83. The summed E-state index contributed by atoms with van der Waals surface area (Å²) in [6.45, 7) is 12.5. The number of benzene rings is 1. The van der Waals surface area contributed by atoms with Gasteiger partial charge < -0.3 is 5.11 Å². The lowest BCUT2D eigenvalue weighted by molar-refractivity contribution is 0.168. The van der Waals surface area contributed by atoms with Crippen LogP contribution in [0.25, 0.3) is 0 Å². The number of hydrogen-bond acceptors (Lipinski definition) is 2.